The Morgan fingerprint density at radius 1 is 1.18 bits per heavy atom. The van der Waals surface area contributed by atoms with Crippen LogP contribution in [0, 0.1) is 5.41 Å². The van der Waals surface area contributed by atoms with Crippen molar-refractivity contribution >= 4 is 34.8 Å². The summed E-state index contributed by atoms with van der Waals surface area (Å²) >= 11 is 12.3. The van der Waals surface area contributed by atoms with Crippen molar-refractivity contribution in [3.63, 3.8) is 0 Å². The third-order valence-electron chi connectivity index (χ3n) is 3.23. The van der Waals surface area contributed by atoms with E-state index >= 15 is 0 Å². The largest absolute Gasteiger partial charge is 0.484 e. The van der Waals surface area contributed by atoms with Gasteiger partial charge in [-0.25, -0.2) is 0 Å². The molecule has 3 nitrogen and oxygen atoms in total. The van der Waals surface area contributed by atoms with Crippen molar-refractivity contribution in [3.05, 3.63) is 39.9 Å². The number of allylic oxidation sites excluding steroid dienone is 1. The number of halogens is 2. The van der Waals surface area contributed by atoms with Gasteiger partial charge < -0.3 is 4.74 Å². The van der Waals surface area contributed by atoms with Crippen LogP contribution in [0.25, 0.3) is 0 Å². The van der Waals surface area contributed by atoms with Gasteiger partial charge in [0.25, 0.3) is 0 Å². The van der Waals surface area contributed by atoms with E-state index in [9.17, 15) is 9.59 Å². The number of carbonyl (C=O) groups is 2. The number of benzene rings is 1. The van der Waals surface area contributed by atoms with E-state index in [-0.39, 0.29) is 39.5 Å². The lowest BCUT2D eigenvalue weighted by Crippen LogP contribution is -2.26. The van der Waals surface area contributed by atoms with Gasteiger partial charge in [0.05, 0.1) is 5.02 Å². The minimum absolute atomic E-state index is 0.0563. The number of Topliss-reactive ketones (excluding diaryl/α,β-unsaturated/α-hetero) is 2. The van der Waals surface area contributed by atoms with Gasteiger partial charge in [-0.3, -0.25) is 9.59 Å². The van der Waals surface area contributed by atoms with Crippen molar-refractivity contribution in [2.75, 3.05) is 6.61 Å². The minimum Gasteiger partial charge on any atom is -0.484 e. The lowest BCUT2D eigenvalue weighted by molar-refractivity contribution is -0.128. The molecule has 0 heterocycles. The molecule has 5 heteroatoms. The Bertz CT molecular complexity index is 613. The summed E-state index contributed by atoms with van der Waals surface area (Å²) in [4.78, 5) is 24.0. The molecule has 0 amide bonds. The Morgan fingerprint density at radius 2 is 1.77 bits per heavy atom. The zero-order valence-electron chi connectivity index (χ0n) is 13.3. The van der Waals surface area contributed by atoms with E-state index in [1.807, 2.05) is 27.7 Å². The van der Waals surface area contributed by atoms with Gasteiger partial charge in [0.15, 0.2) is 11.6 Å². The smallest absolute Gasteiger partial charge is 0.189 e. The molecule has 0 bridgehead atoms. The van der Waals surface area contributed by atoms with Crippen molar-refractivity contribution in [1.29, 1.82) is 0 Å². The quantitative estimate of drug-likeness (QED) is 0.531. The topological polar surface area (TPSA) is 43.4 Å². The van der Waals surface area contributed by atoms with Crippen LogP contribution >= 0.6 is 23.2 Å². The summed E-state index contributed by atoms with van der Waals surface area (Å²) in [6, 6.07) is 3.08. The normalized spacial score (nSPS) is 11.2. The lowest BCUT2D eigenvalue weighted by atomic mass is 9.91. The molecule has 1 rings (SSSR count). The van der Waals surface area contributed by atoms with E-state index in [0.29, 0.717) is 12.0 Å². The Kier molecular flexibility index (Phi) is 6.21. The van der Waals surface area contributed by atoms with Gasteiger partial charge >= 0.3 is 0 Å². The second-order valence-electron chi connectivity index (χ2n) is 5.99. The molecule has 0 fully saturated rings. The van der Waals surface area contributed by atoms with Crippen LogP contribution in [0.15, 0.2) is 24.3 Å². The predicted octanol–water partition coefficient (Wildman–Crippen LogP) is 5.14. The van der Waals surface area contributed by atoms with Crippen molar-refractivity contribution in [1.82, 2.24) is 0 Å². The summed E-state index contributed by atoms with van der Waals surface area (Å²) < 4.78 is 5.43. The summed E-state index contributed by atoms with van der Waals surface area (Å²) in [5.41, 5.74) is 0.243. The maximum Gasteiger partial charge on any atom is 0.189 e. The first kappa shape index (κ1) is 18.7. The zero-order valence-corrected chi connectivity index (χ0v) is 14.8. The van der Waals surface area contributed by atoms with Crippen molar-refractivity contribution < 1.29 is 14.3 Å². The van der Waals surface area contributed by atoms with E-state index in [0.717, 1.165) is 0 Å². The standard InChI is InChI=1S/C17H20Cl2O3/c1-6-10(2)16(21)11-7-8-12(15(19)14(11)18)22-9-13(20)17(3,4)5/h7-8H,2,6,9H2,1,3-5H3. The van der Waals surface area contributed by atoms with Crippen LogP contribution in [0.3, 0.4) is 0 Å². The number of hydrogen-bond acceptors (Lipinski definition) is 3. The molecule has 0 radical (unpaired) electrons. The van der Waals surface area contributed by atoms with Gasteiger partial charge in [0.1, 0.15) is 17.4 Å². The highest BCUT2D eigenvalue weighted by atomic mass is 35.5. The highest BCUT2D eigenvalue weighted by molar-refractivity contribution is 6.45. The molecule has 120 valence electrons. The summed E-state index contributed by atoms with van der Waals surface area (Å²) in [6.45, 7) is 10.9. The number of ether oxygens (including phenoxy) is 1. The Hall–Kier alpha value is -1.32. The van der Waals surface area contributed by atoms with Crippen LogP contribution < -0.4 is 4.74 Å². The van der Waals surface area contributed by atoms with E-state index in [1.165, 1.54) is 6.07 Å². The molecule has 0 aliphatic heterocycles. The van der Waals surface area contributed by atoms with Crippen molar-refractivity contribution in [3.8, 4) is 5.75 Å². The van der Waals surface area contributed by atoms with Crippen molar-refractivity contribution in [2.45, 2.75) is 34.1 Å². The lowest BCUT2D eigenvalue weighted by Gasteiger charge is -2.17. The average molecular weight is 343 g/mol. The van der Waals surface area contributed by atoms with Crippen LogP contribution in [-0.2, 0) is 4.79 Å². The molecular weight excluding hydrogens is 323 g/mol. The monoisotopic (exact) mass is 342 g/mol. The fourth-order valence-corrected chi connectivity index (χ4v) is 1.99. The third kappa shape index (κ3) is 4.34. The van der Waals surface area contributed by atoms with Gasteiger partial charge in [0, 0.05) is 11.0 Å². The fraction of sp³-hybridized carbons (Fsp3) is 0.412. The van der Waals surface area contributed by atoms with E-state index in [1.54, 1.807) is 6.07 Å². The summed E-state index contributed by atoms with van der Waals surface area (Å²) in [7, 11) is 0. The fourth-order valence-electron chi connectivity index (χ4n) is 1.53. The number of rotatable bonds is 6. The van der Waals surface area contributed by atoms with Gasteiger partial charge in [-0.2, -0.15) is 0 Å². The molecule has 1 aromatic rings. The molecule has 0 aliphatic rings. The Labute approximate surface area is 141 Å². The Morgan fingerprint density at radius 3 is 2.27 bits per heavy atom. The van der Waals surface area contributed by atoms with E-state index < -0.39 is 5.41 Å². The molecule has 0 aliphatic carbocycles. The molecule has 0 aromatic heterocycles. The second-order valence-corrected chi connectivity index (χ2v) is 6.74. The first-order valence-electron chi connectivity index (χ1n) is 6.96. The first-order valence-corrected chi connectivity index (χ1v) is 7.71. The van der Waals surface area contributed by atoms with Gasteiger partial charge in [0.2, 0.25) is 0 Å². The van der Waals surface area contributed by atoms with Crippen LogP contribution in [0.4, 0.5) is 0 Å². The maximum atomic E-state index is 12.1. The summed E-state index contributed by atoms with van der Waals surface area (Å²) in [6.07, 6.45) is 0.533. The summed E-state index contributed by atoms with van der Waals surface area (Å²) in [5.74, 6) is -0.0196. The van der Waals surface area contributed by atoms with Crippen LogP contribution in [0.5, 0.6) is 5.75 Å². The van der Waals surface area contributed by atoms with Crippen LogP contribution in [-0.4, -0.2) is 18.2 Å². The number of ketones is 2. The molecule has 0 spiro atoms. The van der Waals surface area contributed by atoms with Crippen LogP contribution in [0.2, 0.25) is 10.0 Å². The maximum absolute atomic E-state index is 12.1. The predicted molar refractivity (Wildman–Crippen MR) is 90.2 cm³/mol. The van der Waals surface area contributed by atoms with Crippen LogP contribution in [0.1, 0.15) is 44.5 Å². The number of hydrogen-bond donors (Lipinski definition) is 0. The number of carbonyl (C=O) groups excluding carboxylic acids is 2. The highest BCUT2D eigenvalue weighted by Crippen LogP contribution is 2.36. The van der Waals surface area contributed by atoms with Gasteiger partial charge in [-0.1, -0.05) is 57.5 Å². The highest BCUT2D eigenvalue weighted by Gasteiger charge is 2.23. The molecular formula is C17H20Cl2O3. The molecule has 22 heavy (non-hydrogen) atoms. The molecule has 0 atom stereocenters. The molecule has 0 unspecified atom stereocenters. The zero-order chi connectivity index (χ0) is 17.1. The van der Waals surface area contributed by atoms with E-state index in [2.05, 4.69) is 6.58 Å². The van der Waals surface area contributed by atoms with E-state index in [4.69, 9.17) is 27.9 Å². The summed E-state index contributed by atoms with van der Waals surface area (Å²) in [5, 5.41) is 0.236. The first-order chi connectivity index (χ1) is 10.1. The Balaban J connectivity index is 2.98. The molecule has 0 saturated carbocycles. The van der Waals surface area contributed by atoms with Crippen molar-refractivity contribution in [2.24, 2.45) is 5.41 Å². The van der Waals surface area contributed by atoms with Gasteiger partial charge in [-0.05, 0) is 24.1 Å². The molecule has 0 N–H and O–H groups in total. The SMILES string of the molecule is C=C(CC)C(=O)c1ccc(OCC(=O)C(C)(C)C)c(Cl)c1Cl. The second kappa shape index (κ2) is 7.30. The molecule has 0 saturated heterocycles. The van der Waals surface area contributed by atoms with Gasteiger partial charge in [-0.15, -0.1) is 0 Å². The minimum atomic E-state index is -0.495. The molecule has 1 aromatic carbocycles. The average Bonchev–Trinajstić information content (AvgIpc) is 2.45. The third-order valence-corrected chi connectivity index (χ3v) is 4.10.